The van der Waals surface area contributed by atoms with Gasteiger partial charge < -0.3 is 15.7 Å². The van der Waals surface area contributed by atoms with E-state index in [1.165, 1.54) is 0 Å². The van der Waals surface area contributed by atoms with Gasteiger partial charge in [-0.15, -0.1) is 11.3 Å². The summed E-state index contributed by atoms with van der Waals surface area (Å²) in [7, 11) is 0. The first-order valence-corrected chi connectivity index (χ1v) is 7.13. The van der Waals surface area contributed by atoms with Gasteiger partial charge in [-0.05, 0) is 29.9 Å². The number of thiophene rings is 1. The van der Waals surface area contributed by atoms with Crippen LogP contribution in [0.5, 0.6) is 0 Å². The number of carboxylic acid groups (broad SMARTS) is 1. The predicted octanol–water partition coefficient (Wildman–Crippen LogP) is 2.36. The predicted molar refractivity (Wildman–Crippen MR) is 75.3 cm³/mol. The number of aryl methyl sites for hydroxylation is 1. The summed E-state index contributed by atoms with van der Waals surface area (Å²) in [4.78, 5) is 23.9. The Morgan fingerprint density at radius 1 is 1.47 bits per heavy atom. The molecule has 2 atom stereocenters. The SMILES string of the molecule is CCC(C)C(NC(=O)NCc1sccc1C)C(=O)O. The van der Waals surface area contributed by atoms with Crippen molar-refractivity contribution in [1.82, 2.24) is 10.6 Å². The summed E-state index contributed by atoms with van der Waals surface area (Å²) in [6.07, 6.45) is 0.696. The third-order valence-electron chi connectivity index (χ3n) is 3.14. The van der Waals surface area contributed by atoms with Crippen LogP contribution in [0.15, 0.2) is 11.4 Å². The zero-order chi connectivity index (χ0) is 14.4. The number of carboxylic acids is 1. The first-order valence-electron chi connectivity index (χ1n) is 6.25. The summed E-state index contributed by atoms with van der Waals surface area (Å²) in [5.41, 5.74) is 1.13. The van der Waals surface area contributed by atoms with E-state index in [0.717, 1.165) is 10.4 Å². The van der Waals surface area contributed by atoms with Crippen LogP contribution < -0.4 is 10.6 Å². The van der Waals surface area contributed by atoms with Crippen molar-refractivity contribution in [2.45, 2.75) is 39.8 Å². The lowest BCUT2D eigenvalue weighted by molar-refractivity contribution is -0.140. The highest BCUT2D eigenvalue weighted by Crippen LogP contribution is 2.14. The first kappa shape index (κ1) is 15.5. The van der Waals surface area contributed by atoms with Gasteiger partial charge >= 0.3 is 12.0 Å². The van der Waals surface area contributed by atoms with E-state index in [1.54, 1.807) is 11.3 Å². The fraction of sp³-hybridized carbons (Fsp3) is 0.538. The van der Waals surface area contributed by atoms with Crippen LogP contribution in [-0.2, 0) is 11.3 Å². The van der Waals surface area contributed by atoms with Gasteiger partial charge in [0.05, 0.1) is 6.54 Å². The highest BCUT2D eigenvalue weighted by Gasteiger charge is 2.25. The second kappa shape index (κ2) is 7.13. The van der Waals surface area contributed by atoms with E-state index in [1.807, 2.05) is 32.2 Å². The van der Waals surface area contributed by atoms with Gasteiger partial charge in [0.15, 0.2) is 0 Å². The Hall–Kier alpha value is -1.56. The normalized spacial score (nSPS) is 13.6. The minimum atomic E-state index is -1.00. The fourth-order valence-electron chi connectivity index (χ4n) is 1.62. The molecule has 0 aliphatic carbocycles. The molecule has 1 aromatic rings. The van der Waals surface area contributed by atoms with Crippen LogP contribution in [-0.4, -0.2) is 23.1 Å². The first-order chi connectivity index (χ1) is 8.95. The van der Waals surface area contributed by atoms with Gasteiger partial charge in [0.25, 0.3) is 0 Å². The molecule has 2 amide bonds. The van der Waals surface area contributed by atoms with Gasteiger partial charge in [-0.25, -0.2) is 9.59 Å². The largest absolute Gasteiger partial charge is 0.480 e. The lowest BCUT2D eigenvalue weighted by atomic mass is 9.99. The Balaban J connectivity index is 2.49. The van der Waals surface area contributed by atoms with Gasteiger partial charge in [-0.1, -0.05) is 20.3 Å². The van der Waals surface area contributed by atoms with Crippen LogP contribution in [0.2, 0.25) is 0 Å². The number of urea groups is 1. The molecule has 0 saturated heterocycles. The number of carbonyl (C=O) groups excluding carboxylic acids is 1. The van der Waals surface area contributed by atoms with Crippen molar-refractivity contribution >= 4 is 23.3 Å². The number of amides is 2. The molecule has 0 aliphatic rings. The van der Waals surface area contributed by atoms with E-state index in [-0.39, 0.29) is 5.92 Å². The molecule has 2 unspecified atom stereocenters. The fourth-order valence-corrected chi connectivity index (χ4v) is 2.47. The van der Waals surface area contributed by atoms with Crippen molar-refractivity contribution in [3.8, 4) is 0 Å². The summed E-state index contributed by atoms with van der Waals surface area (Å²) < 4.78 is 0. The molecule has 19 heavy (non-hydrogen) atoms. The van der Waals surface area contributed by atoms with E-state index < -0.39 is 18.0 Å². The van der Waals surface area contributed by atoms with Crippen molar-refractivity contribution in [3.63, 3.8) is 0 Å². The lowest BCUT2D eigenvalue weighted by Gasteiger charge is -2.20. The van der Waals surface area contributed by atoms with Gasteiger partial charge in [-0.3, -0.25) is 0 Å². The Kier molecular flexibility index (Phi) is 5.82. The number of hydrogen-bond acceptors (Lipinski definition) is 3. The molecule has 0 spiro atoms. The molecule has 1 heterocycles. The molecule has 0 saturated carbocycles. The highest BCUT2D eigenvalue weighted by atomic mass is 32.1. The second-order valence-electron chi connectivity index (χ2n) is 4.56. The van der Waals surface area contributed by atoms with Crippen LogP contribution in [0.25, 0.3) is 0 Å². The minimum absolute atomic E-state index is 0.105. The zero-order valence-electron chi connectivity index (χ0n) is 11.4. The number of nitrogens with one attached hydrogen (secondary N) is 2. The molecule has 0 radical (unpaired) electrons. The maximum absolute atomic E-state index is 11.7. The molecular formula is C13H20N2O3S. The Morgan fingerprint density at radius 2 is 2.16 bits per heavy atom. The highest BCUT2D eigenvalue weighted by molar-refractivity contribution is 7.10. The molecule has 5 nitrogen and oxygen atoms in total. The van der Waals surface area contributed by atoms with Crippen molar-refractivity contribution in [2.24, 2.45) is 5.92 Å². The lowest BCUT2D eigenvalue weighted by Crippen LogP contribution is -2.48. The number of hydrogen-bond donors (Lipinski definition) is 3. The van der Waals surface area contributed by atoms with Crippen LogP contribution in [0, 0.1) is 12.8 Å². The zero-order valence-corrected chi connectivity index (χ0v) is 12.2. The molecule has 1 rings (SSSR count). The third kappa shape index (κ3) is 4.55. The molecule has 0 bridgehead atoms. The van der Waals surface area contributed by atoms with Gasteiger partial charge in [0.1, 0.15) is 6.04 Å². The van der Waals surface area contributed by atoms with Crippen LogP contribution in [0.4, 0.5) is 4.79 Å². The molecule has 0 aliphatic heterocycles. The van der Waals surface area contributed by atoms with Crippen LogP contribution in [0.3, 0.4) is 0 Å². The smallest absolute Gasteiger partial charge is 0.326 e. The summed E-state index contributed by atoms with van der Waals surface area (Å²) in [5, 5.41) is 16.2. The average Bonchev–Trinajstić information content (AvgIpc) is 2.77. The Morgan fingerprint density at radius 3 is 2.63 bits per heavy atom. The molecule has 1 aromatic heterocycles. The quantitative estimate of drug-likeness (QED) is 0.750. The van der Waals surface area contributed by atoms with Gasteiger partial charge in [-0.2, -0.15) is 0 Å². The number of carbonyl (C=O) groups is 2. The molecule has 6 heteroatoms. The van der Waals surface area contributed by atoms with Crippen molar-refractivity contribution in [1.29, 1.82) is 0 Å². The third-order valence-corrected chi connectivity index (χ3v) is 4.17. The maximum atomic E-state index is 11.7. The molecule has 0 fully saturated rings. The monoisotopic (exact) mass is 284 g/mol. The van der Waals surface area contributed by atoms with E-state index >= 15 is 0 Å². The number of aliphatic carboxylic acids is 1. The standard InChI is InChI=1S/C13H20N2O3S/c1-4-8(2)11(12(16)17)15-13(18)14-7-10-9(3)5-6-19-10/h5-6,8,11H,4,7H2,1-3H3,(H,16,17)(H2,14,15,18). The Bertz CT molecular complexity index is 445. The summed E-state index contributed by atoms with van der Waals surface area (Å²) in [5.74, 6) is -1.11. The topological polar surface area (TPSA) is 78.4 Å². The van der Waals surface area contributed by atoms with Crippen molar-refractivity contribution < 1.29 is 14.7 Å². The maximum Gasteiger partial charge on any atom is 0.326 e. The molecule has 3 N–H and O–H groups in total. The average molecular weight is 284 g/mol. The second-order valence-corrected chi connectivity index (χ2v) is 5.56. The van der Waals surface area contributed by atoms with Gasteiger partial charge in [0, 0.05) is 4.88 Å². The summed E-state index contributed by atoms with van der Waals surface area (Å²) in [6, 6.07) is 0.689. The van der Waals surface area contributed by atoms with Crippen LogP contribution in [0.1, 0.15) is 30.7 Å². The summed E-state index contributed by atoms with van der Waals surface area (Å²) >= 11 is 1.57. The van der Waals surface area contributed by atoms with Gasteiger partial charge in [0.2, 0.25) is 0 Å². The van der Waals surface area contributed by atoms with E-state index in [0.29, 0.717) is 13.0 Å². The molecule has 0 aromatic carbocycles. The molecular weight excluding hydrogens is 264 g/mol. The Labute approximate surface area is 117 Å². The van der Waals surface area contributed by atoms with Crippen LogP contribution >= 0.6 is 11.3 Å². The van der Waals surface area contributed by atoms with E-state index in [4.69, 9.17) is 5.11 Å². The number of rotatable bonds is 6. The van der Waals surface area contributed by atoms with Crippen molar-refractivity contribution in [2.75, 3.05) is 0 Å². The molecule has 106 valence electrons. The van der Waals surface area contributed by atoms with Crippen molar-refractivity contribution in [3.05, 3.63) is 21.9 Å². The van der Waals surface area contributed by atoms with E-state index in [2.05, 4.69) is 10.6 Å². The summed E-state index contributed by atoms with van der Waals surface area (Å²) in [6.45, 7) is 6.10. The van der Waals surface area contributed by atoms with E-state index in [9.17, 15) is 9.59 Å². The minimum Gasteiger partial charge on any atom is -0.480 e.